The van der Waals surface area contributed by atoms with Gasteiger partial charge in [-0.2, -0.15) is 0 Å². The fourth-order valence-corrected chi connectivity index (χ4v) is 2.07. The van der Waals surface area contributed by atoms with Crippen LogP contribution in [0.15, 0.2) is 12.1 Å². The maximum Gasteiger partial charge on any atom is 0.412 e. The highest BCUT2D eigenvalue weighted by Crippen LogP contribution is 2.27. The molecule has 1 aromatic carbocycles. The van der Waals surface area contributed by atoms with Gasteiger partial charge < -0.3 is 9.84 Å². The van der Waals surface area contributed by atoms with Crippen LogP contribution in [0.1, 0.15) is 31.1 Å². The van der Waals surface area contributed by atoms with E-state index in [9.17, 15) is 9.59 Å². The van der Waals surface area contributed by atoms with Gasteiger partial charge in [0, 0.05) is 3.57 Å². The third-order valence-corrected chi connectivity index (χ3v) is 3.13. The molecular weight excluding hydrogens is 384 g/mol. The SMILES string of the molecule is CC(C)(C)OC(=O)Nc1cc(Cl)c(C(=O)O)cc1I. The Kier molecular flexibility index (Phi) is 5.03. The van der Waals surface area contributed by atoms with E-state index in [0.29, 0.717) is 9.26 Å². The van der Waals surface area contributed by atoms with Crippen molar-refractivity contribution in [1.29, 1.82) is 0 Å². The number of rotatable bonds is 2. The molecule has 0 radical (unpaired) electrons. The van der Waals surface area contributed by atoms with Crippen LogP contribution < -0.4 is 5.32 Å². The molecule has 2 N–H and O–H groups in total. The molecule has 19 heavy (non-hydrogen) atoms. The molecule has 1 rings (SSSR count). The highest BCUT2D eigenvalue weighted by molar-refractivity contribution is 14.1. The Balaban J connectivity index is 2.95. The second-order valence-electron chi connectivity index (χ2n) is 4.74. The molecule has 0 atom stereocenters. The average Bonchev–Trinajstić information content (AvgIpc) is 2.19. The van der Waals surface area contributed by atoms with Gasteiger partial charge in [-0.25, -0.2) is 9.59 Å². The van der Waals surface area contributed by atoms with Crippen molar-refractivity contribution < 1.29 is 19.4 Å². The number of amides is 1. The first-order chi connectivity index (χ1) is 8.60. The van der Waals surface area contributed by atoms with E-state index in [2.05, 4.69) is 5.32 Å². The van der Waals surface area contributed by atoms with Crippen molar-refractivity contribution in [3.8, 4) is 0 Å². The molecule has 0 unspecified atom stereocenters. The van der Waals surface area contributed by atoms with Crippen LogP contribution in [0, 0.1) is 3.57 Å². The van der Waals surface area contributed by atoms with Crippen molar-refractivity contribution in [3.05, 3.63) is 26.3 Å². The molecule has 1 aromatic rings. The summed E-state index contributed by atoms with van der Waals surface area (Å²) in [6.07, 6.45) is -0.621. The number of aromatic carboxylic acids is 1. The van der Waals surface area contributed by atoms with E-state index in [-0.39, 0.29) is 10.6 Å². The predicted octanol–water partition coefficient (Wildman–Crippen LogP) is 3.99. The Morgan fingerprint density at radius 1 is 1.37 bits per heavy atom. The molecular formula is C12H13ClINO4. The van der Waals surface area contributed by atoms with Crippen molar-refractivity contribution in [2.45, 2.75) is 26.4 Å². The number of carboxylic acid groups (broad SMARTS) is 1. The fourth-order valence-electron chi connectivity index (χ4n) is 1.22. The number of hydrogen-bond donors (Lipinski definition) is 2. The summed E-state index contributed by atoms with van der Waals surface area (Å²) in [5.74, 6) is -1.12. The first-order valence-corrected chi connectivity index (χ1v) is 6.78. The van der Waals surface area contributed by atoms with E-state index in [1.807, 2.05) is 22.6 Å². The minimum Gasteiger partial charge on any atom is -0.478 e. The summed E-state index contributed by atoms with van der Waals surface area (Å²) in [5.41, 5.74) is -0.217. The van der Waals surface area contributed by atoms with Gasteiger partial charge in [-0.05, 0) is 55.5 Å². The van der Waals surface area contributed by atoms with Crippen LogP contribution in [0.5, 0.6) is 0 Å². The van der Waals surface area contributed by atoms with Crippen LogP contribution in [-0.4, -0.2) is 22.8 Å². The van der Waals surface area contributed by atoms with Gasteiger partial charge in [0.2, 0.25) is 0 Å². The van der Waals surface area contributed by atoms with Gasteiger partial charge in [0.05, 0.1) is 16.3 Å². The van der Waals surface area contributed by atoms with Gasteiger partial charge in [0.15, 0.2) is 0 Å². The van der Waals surface area contributed by atoms with Crippen LogP contribution in [0.25, 0.3) is 0 Å². The number of nitrogens with one attached hydrogen (secondary N) is 1. The molecule has 0 saturated heterocycles. The topological polar surface area (TPSA) is 75.6 Å². The monoisotopic (exact) mass is 397 g/mol. The minimum absolute atomic E-state index is 0.0131. The van der Waals surface area contributed by atoms with E-state index in [4.69, 9.17) is 21.4 Å². The van der Waals surface area contributed by atoms with Gasteiger partial charge in [0.25, 0.3) is 0 Å². The average molecular weight is 398 g/mol. The van der Waals surface area contributed by atoms with E-state index >= 15 is 0 Å². The van der Waals surface area contributed by atoms with E-state index in [1.54, 1.807) is 20.8 Å². The zero-order chi connectivity index (χ0) is 14.8. The molecule has 0 aromatic heterocycles. The quantitative estimate of drug-likeness (QED) is 0.740. The van der Waals surface area contributed by atoms with E-state index in [0.717, 1.165) is 0 Å². The number of ether oxygens (including phenoxy) is 1. The van der Waals surface area contributed by atoms with Crippen LogP contribution >= 0.6 is 34.2 Å². The number of hydrogen-bond acceptors (Lipinski definition) is 3. The highest BCUT2D eigenvalue weighted by atomic mass is 127. The zero-order valence-corrected chi connectivity index (χ0v) is 13.5. The number of benzene rings is 1. The lowest BCUT2D eigenvalue weighted by Crippen LogP contribution is -2.27. The maximum atomic E-state index is 11.6. The van der Waals surface area contributed by atoms with Gasteiger partial charge in [-0.15, -0.1) is 0 Å². The number of anilines is 1. The Labute approximate surface area is 129 Å². The summed E-state index contributed by atoms with van der Waals surface area (Å²) < 4.78 is 5.66. The van der Waals surface area contributed by atoms with Crippen LogP contribution in [0.2, 0.25) is 5.02 Å². The predicted molar refractivity (Wildman–Crippen MR) is 81.0 cm³/mol. The molecule has 104 valence electrons. The van der Waals surface area contributed by atoms with E-state index < -0.39 is 17.7 Å². The largest absolute Gasteiger partial charge is 0.478 e. The molecule has 0 fully saturated rings. The van der Waals surface area contributed by atoms with Crippen LogP contribution in [0.3, 0.4) is 0 Å². The lowest BCUT2D eigenvalue weighted by Gasteiger charge is -2.20. The molecule has 0 aliphatic heterocycles. The van der Waals surface area contributed by atoms with Crippen molar-refractivity contribution >= 4 is 51.9 Å². The van der Waals surface area contributed by atoms with Gasteiger partial charge in [-0.3, -0.25) is 5.32 Å². The Hall–Kier alpha value is -1.02. The van der Waals surface area contributed by atoms with Gasteiger partial charge >= 0.3 is 12.1 Å². The van der Waals surface area contributed by atoms with Crippen molar-refractivity contribution in [3.63, 3.8) is 0 Å². The zero-order valence-electron chi connectivity index (χ0n) is 10.6. The molecule has 0 heterocycles. The second kappa shape index (κ2) is 5.96. The fraction of sp³-hybridized carbons (Fsp3) is 0.333. The second-order valence-corrected chi connectivity index (χ2v) is 6.31. The van der Waals surface area contributed by atoms with Crippen LogP contribution in [0.4, 0.5) is 10.5 Å². The lowest BCUT2D eigenvalue weighted by atomic mass is 10.2. The summed E-state index contributed by atoms with van der Waals surface area (Å²) in [4.78, 5) is 22.5. The standard InChI is InChI=1S/C12H13ClINO4/c1-12(2,3)19-11(18)15-9-5-7(13)6(10(16)17)4-8(9)14/h4-5H,1-3H3,(H,15,18)(H,16,17). The molecule has 0 spiro atoms. The van der Waals surface area contributed by atoms with Crippen LogP contribution in [-0.2, 0) is 4.74 Å². The molecule has 0 bridgehead atoms. The Morgan fingerprint density at radius 2 is 1.95 bits per heavy atom. The number of carbonyl (C=O) groups is 2. The van der Waals surface area contributed by atoms with E-state index in [1.165, 1.54) is 12.1 Å². The molecule has 5 nitrogen and oxygen atoms in total. The smallest absolute Gasteiger partial charge is 0.412 e. The summed E-state index contributed by atoms with van der Waals surface area (Å²) >= 11 is 7.75. The third kappa shape index (κ3) is 4.87. The van der Waals surface area contributed by atoms with Crippen molar-refractivity contribution in [2.75, 3.05) is 5.32 Å². The number of halogens is 2. The normalized spacial score (nSPS) is 11.0. The Morgan fingerprint density at radius 3 is 2.42 bits per heavy atom. The maximum absolute atomic E-state index is 11.6. The lowest BCUT2D eigenvalue weighted by molar-refractivity contribution is 0.0634. The minimum atomic E-state index is -1.12. The molecule has 0 aliphatic carbocycles. The third-order valence-electron chi connectivity index (χ3n) is 1.92. The summed E-state index contributed by atoms with van der Waals surface area (Å²) in [6.45, 7) is 5.24. The van der Waals surface area contributed by atoms with Gasteiger partial charge in [-0.1, -0.05) is 11.6 Å². The number of carbonyl (C=O) groups excluding carboxylic acids is 1. The first-order valence-electron chi connectivity index (χ1n) is 5.32. The molecule has 7 heteroatoms. The number of carboxylic acids is 1. The van der Waals surface area contributed by atoms with Crippen molar-refractivity contribution in [1.82, 2.24) is 0 Å². The molecule has 0 aliphatic rings. The first kappa shape index (κ1) is 16.0. The Bertz CT molecular complexity index is 525. The summed E-state index contributed by atoms with van der Waals surface area (Å²) in [6, 6.07) is 2.77. The molecule has 0 saturated carbocycles. The summed E-state index contributed by atoms with van der Waals surface area (Å²) in [5, 5.41) is 11.5. The summed E-state index contributed by atoms with van der Waals surface area (Å²) in [7, 11) is 0. The van der Waals surface area contributed by atoms with Crippen molar-refractivity contribution in [2.24, 2.45) is 0 Å². The van der Waals surface area contributed by atoms with Gasteiger partial charge in [0.1, 0.15) is 5.60 Å². The molecule has 1 amide bonds. The highest BCUT2D eigenvalue weighted by Gasteiger charge is 2.18.